The number of nitrogens with two attached hydrogens (primary N) is 1. The van der Waals surface area contributed by atoms with E-state index in [0.717, 1.165) is 15.8 Å². The maximum Gasteiger partial charge on any atom is 0.163 e. The Morgan fingerprint density at radius 3 is 2.58 bits per heavy atom. The van der Waals surface area contributed by atoms with Crippen molar-refractivity contribution in [3.63, 3.8) is 0 Å². The van der Waals surface area contributed by atoms with Crippen LogP contribution in [0.5, 0.6) is 0 Å². The summed E-state index contributed by atoms with van der Waals surface area (Å²) in [5.41, 5.74) is 4.78. The maximum atomic E-state index is 5.59. The first-order valence-electron chi connectivity index (χ1n) is 5.85. The second kappa shape index (κ2) is 4.56. The predicted octanol–water partition coefficient (Wildman–Crippen LogP) is 2.66. The molecule has 0 unspecified atom stereocenters. The molecule has 0 saturated heterocycles. The molecule has 3 aromatic heterocycles. The average molecular weight is 271 g/mol. The molecule has 0 radical (unpaired) electrons. The van der Waals surface area contributed by atoms with Crippen LogP contribution in [-0.4, -0.2) is 15.0 Å². The summed E-state index contributed by atoms with van der Waals surface area (Å²) in [6.07, 6.45) is 3.45. The summed E-state index contributed by atoms with van der Waals surface area (Å²) in [5.74, 6) is 6.92. The highest BCUT2D eigenvalue weighted by atomic mass is 32.1. The molecule has 0 aliphatic heterocycles. The number of hydrazine groups is 1. The number of aromatic nitrogens is 3. The summed E-state index contributed by atoms with van der Waals surface area (Å²) in [7, 11) is 0. The number of pyridine rings is 1. The highest BCUT2D eigenvalue weighted by Crippen LogP contribution is 2.34. The van der Waals surface area contributed by atoms with Crippen molar-refractivity contribution < 1.29 is 0 Å². The number of thiophene rings is 1. The van der Waals surface area contributed by atoms with Crippen LogP contribution < -0.4 is 11.3 Å². The number of hydrogen-bond donors (Lipinski definition) is 2. The molecule has 0 fully saturated rings. The van der Waals surface area contributed by atoms with Crippen molar-refractivity contribution in [2.24, 2.45) is 5.84 Å². The SMILES string of the molecule is Cc1sc2nc(-c3ccncc3)nc(NN)c2c1C. The van der Waals surface area contributed by atoms with E-state index in [1.54, 1.807) is 23.7 Å². The van der Waals surface area contributed by atoms with Gasteiger partial charge in [-0.1, -0.05) is 0 Å². The van der Waals surface area contributed by atoms with E-state index in [1.807, 2.05) is 12.1 Å². The molecule has 0 aliphatic carbocycles. The molecule has 0 aliphatic rings. The van der Waals surface area contributed by atoms with Crippen LogP contribution in [0.2, 0.25) is 0 Å². The Hall–Kier alpha value is -2.05. The number of nitrogen functional groups attached to an aromatic ring is 1. The van der Waals surface area contributed by atoms with Gasteiger partial charge in [-0.25, -0.2) is 15.8 Å². The first-order valence-corrected chi connectivity index (χ1v) is 6.67. The molecule has 5 nitrogen and oxygen atoms in total. The van der Waals surface area contributed by atoms with Gasteiger partial charge in [0.25, 0.3) is 0 Å². The normalized spacial score (nSPS) is 10.9. The first kappa shape index (κ1) is 12.0. The molecule has 19 heavy (non-hydrogen) atoms. The van der Waals surface area contributed by atoms with Crippen molar-refractivity contribution in [1.29, 1.82) is 0 Å². The third-order valence-corrected chi connectivity index (χ3v) is 4.21. The van der Waals surface area contributed by atoms with E-state index < -0.39 is 0 Å². The maximum absolute atomic E-state index is 5.59. The second-order valence-corrected chi connectivity index (χ2v) is 5.44. The summed E-state index contributed by atoms with van der Waals surface area (Å²) in [6, 6.07) is 3.77. The minimum atomic E-state index is 0.657. The number of rotatable bonds is 2. The van der Waals surface area contributed by atoms with Crippen molar-refractivity contribution >= 4 is 27.4 Å². The highest BCUT2D eigenvalue weighted by molar-refractivity contribution is 7.18. The van der Waals surface area contributed by atoms with E-state index in [-0.39, 0.29) is 0 Å². The van der Waals surface area contributed by atoms with Crippen LogP contribution in [0.3, 0.4) is 0 Å². The predicted molar refractivity (Wildman–Crippen MR) is 77.9 cm³/mol. The minimum absolute atomic E-state index is 0.657. The molecule has 0 spiro atoms. The lowest BCUT2D eigenvalue weighted by Crippen LogP contribution is -2.10. The lowest BCUT2D eigenvalue weighted by atomic mass is 10.2. The molecule has 0 atom stereocenters. The molecule has 0 amide bonds. The average Bonchev–Trinajstić information content (AvgIpc) is 2.74. The number of nitrogens with one attached hydrogen (secondary N) is 1. The number of hydrogen-bond acceptors (Lipinski definition) is 6. The van der Waals surface area contributed by atoms with Gasteiger partial charge in [-0.15, -0.1) is 11.3 Å². The summed E-state index contributed by atoms with van der Waals surface area (Å²) in [5, 5.41) is 1.00. The zero-order valence-electron chi connectivity index (χ0n) is 10.6. The highest BCUT2D eigenvalue weighted by Gasteiger charge is 2.14. The topological polar surface area (TPSA) is 76.7 Å². The van der Waals surface area contributed by atoms with Crippen molar-refractivity contribution in [3.05, 3.63) is 35.0 Å². The Bertz CT molecular complexity index is 736. The zero-order valence-corrected chi connectivity index (χ0v) is 11.5. The van der Waals surface area contributed by atoms with Gasteiger partial charge >= 0.3 is 0 Å². The Labute approximate surface area is 114 Å². The van der Waals surface area contributed by atoms with Crippen LogP contribution >= 0.6 is 11.3 Å². The largest absolute Gasteiger partial charge is 0.308 e. The van der Waals surface area contributed by atoms with E-state index in [4.69, 9.17) is 5.84 Å². The van der Waals surface area contributed by atoms with Crippen LogP contribution in [0.1, 0.15) is 10.4 Å². The van der Waals surface area contributed by atoms with Gasteiger partial charge < -0.3 is 5.43 Å². The Morgan fingerprint density at radius 2 is 1.89 bits per heavy atom. The van der Waals surface area contributed by atoms with Gasteiger partial charge in [-0.05, 0) is 31.5 Å². The number of nitrogens with zero attached hydrogens (tertiary/aromatic N) is 3. The number of anilines is 1. The van der Waals surface area contributed by atoms with Crippen LogP contribution in [-0.2, 0) is 0 Å². The van der Waals surface area contributed by atoms with E-state index in [2.05, 4.69) is 34.2 Å². The number of aryl methyl sites for hydroxylation is 2. The molecule has 96 valence electrons. The third-order valence-electron chi connectivity index (χ3n) is 3.10. The van der Waals surface area contributed by atoms with Crippen LogP contribution in [0.25, 0.3) is 21.6 Å². The molecular formula is C13H13N5S. The van der Waals surface area contributed by atoms with Crippen molar-refractivity contribution in [2.45, 2.75) is 13.8 Å². The summed E-state index contributed by atoms with van der Waals surface area (Å²) < 4.78 is 0. The second-order valence-electron chi connectivity index (χ2n) is 4.24. The van der Waals surface area contributed by atoms with Gasteiger partial charge in [0, 0.05) is 22.8 Å². The van der Waals surface area contributed by atoms with Crippen LogP contribution in [0.4, 0.5) is 5.82 Å². The molecule has 3 heterocycles. The third kappa shape index (κ3) is 1.94. The summed E-state index contributed by atoms with van der Waals surface area (Å²) >= 11 is 1.65. The molecule has 0 aromatic carbocycles. The Kier molecular flexibility index (Phi) is 2.88. The van der Waals surface area contributed by atoms with Gasteiger partial charge in [0.05, 0.1) is 5.39 Å². The monoisotopic (exact) mass is 271 g/mol. The lowest BCUT2D eigenvalue weighted by molar-refractivity contribution is 1.18. The van der Waals surface area contributed by atoms with Gasteiger partial charge in [0.2, 0.25) is 0 Å². The fourth-order valence-corrected chi connectivity index (χ4v) is 3.01. The smallest absolute Gasteiger partial charge is 0.163 e. The van der Waals surface area contributed by atoms with Crippen LogP contribution in [0.15, 0.2) is 24.5 Å². The fraction of sp³-hybridized carbons (Fsp3) is 0.154. The summed E-state index contributed by atoms with van der Waals surface area (Å²) in [4.78, 5) is 15.3. The minimum Gasteiger partial charge on any atom is -0.308 e. The molecule has 3 N–H and O–H groups in total. The quantitative estimate of drug-likeness (QED) is 0.553. The van der Waals surface area contributed by atoms with E-state index in [0.29, 0.717) is 11.6 Å². The first-order chi connectivity index (χ1) is 9.20. The molecule has 3 rings (SSSR count). The fourth-order valence-electron chi connectivity index (χ4n) is 1.98. The molecule has 3 aromatic rings. The standard InChI is InChI=1S/C13H13N5S/c1-7-8(2)19-13-10(7)12(18-14)16-11(17-13)9-3-5-15-6-4-9/h3-6H,14H2,1-2H3,(H,16,17,18). The van der Waals surface area contributed by atoms with Crippen LogP contribution in [0, 0.1) is 13.8 Å². The van der Waals surface area contributed by atoms with Crippen molar-refractivity contribution in [2.75, 3.05) is 5.43 Å². The molecule has 0 saturated carbocycles. The van der Waals surface area contributed by atoms with E-state index >= 15 is 0 Å². The van der Waals surface area contributed by atoms with Gasteiger partial charge in [-0.3, -0.25) is 4.98 Å². The molecular weight excluding hydrogens is 258 g/mol. The van der Waals surface area contributed by atoms with Gasteiger partial charge in [0.15, 0.2) is 11.6 Å². The van der Waals surface area contributed by atoms with E-state index in [1.165, 1.54) is 10.4 Å². The summed E-state index contributed by atoms with van der Waals surface area (Å²) in [6.45, 7) is 4.14. The molecule has 6 heteroatoms. The van der Waals surface area contributed by atoms with Gasteiger partial charge in [-0.2, -0.15) is 0 Å². The van der Waals surface area contributed by atoms with Crippen molar-refractivity contribution in [3.8, 4) is 11.4 Å². The lowest BCUT2D eigenvalue weighted by Gasteiger charge is -2.06. The number of fused-ring (bicyclic) bond motifs is 1. The van der Waals surface area contributed by atoms with Gasteiger partial charge in [0.1, 0.15) is 4.83 Å². The molecule has 0 bridgehead atoms. The van der Waals surface area contributed by atoms with Crippen molar-refractivity contribution in [1.82, 2.24) is 15.0 Å². The van der Waals surface area contributed by atoms with E-state index in [9.17, 15) is 0 Å². The Morgan fingerprint density at radius 1 is 1.16 bits per heavy atom. The zero-order chi connectivity index (χ0) is 13.4. The Balaban J connectivity index is 2.29.